The van der Waals surface area contributed by atoms with Crippen LogP contribution in [0.1, 0.15) is 24.1 Å². The Balaban J connectivity index is 2.08. The predicted molar refractivity (Wildman–Crippen MR) is 84.1 cm³/mol. The van der Waals surface area contributed by atoms with Gasteiger partial charge in [-0.05, 0) is 29.8 Å². The first-order chi connectivity index (χ1) is 10.1. The molecule has 0 saturated heterocycles. The lowest BCUT2D eigenvalue weighted by atomic mass is 9.97. The van der Waals surface area contributed by atoms with Crippen LogP contribution in [0.15, 0.2) is 47.4 Å². The Bertz CT molecular complexity index is 828. The highest BCUT2D eigenvalue weighted by molar-refractivity contribution is 5.80. The molecule has 1 N–H and O–H groups in total. The van der Waals surface area contributed by atoms with Crippen LogP contribution in [0.2, 0.25) is 0 Å². The van der Waals surface area contributed by atoms with Crippen LogP contribution in [0.5, 0.6) is 5.75 Å². The maximum Gasteiger partial charge on any atom is 0.257 e. The second-order valence-corrected chi connectivity index (χ2v) is 5.23. The number of rotatable bonds is 3. The highest BCUT2D eigenvalue weighted by Crippen LogP contribution is 2.28. The van der Waals surface area contributed by atoms with Crippen molar-refractivity contribution in [1.29, 1.82) is 0 Å². The van der Waals surface area contributed by atoms with Crippen molar-refractivity contribution in [2.45, 2.75) is 12.8 Å². The Labute approximate surface area is 123 Å². The van der Waals surface area contributed by atoms with Gasteiger partial charge in [-0.1, -0.05) is 19.1 Å². The number of hydrogen-bond donors (Lipinski definition) is 1. The van der Waals surface area contributed by atoms with E-state index in [-0.39, 0.29) is 11.5 Å². The number of H-pyrrole nitrogens is 1. The Hall–Kier alpha value is -2.49. The Morgan fingerprint density at radius 3 is 2.52 bits per heavy atom. The van der Waals surface area contributed by atoms with Gasteiger partial charge in [0.2, 0.25) is 0 Å². The number of ether oxygens (including phenoxy) is 1. The number of fused-ring (bicyclic) bond motifs is 1. The minimum atomic E-state index is -0.0451. The number of pyridine rings is 1. The predicted octanol–water partition coefficient (Wildman–Crippen LogP) is 3.03. The Kier molecular flexibility index (Phi) is 3.29. The number of hydrogen-bond acceptors (Lipinski definition) is 2. The lowest BCUT2D eigenvalue weighted by molar-refractivity contribution is 0.414. The Morgan fingerprint density at radius 1 is 1.19 bits per heavy atom. The average Bonchev–Trinajstić information content (AvgIpc) is 2.85. The summed E-state index contributed by atoms with van der Waals surface area (Å²) in [5.74, 6) is 1.05. The van der Waals surface area contributed by atoms with E-state index in [4.69, 9.17) is 4.74 Å². The van der Waals surface area contributed by atoms with E-state index >= 15 is 0 Å². The molecule has 21 heavy (non-hydrogen) atoms. The molecule has 0 aliphatic heterocycles. The summed E-state index contributed by atoms with van der Waals surface area (Å²) < 4.78 is 7.27. The fourth-order valence-corrected chi connectivity index (χ4v) is 2.77. The number of aromatic nitrogens is 2. The van der Waals surface area contributed by atoms with Gasteiger partial charge in [0.05, 0.1) is 18.0 Å². The molecule has 0 fully saturated rings. The van der Waals surface area contributed by atoms with Gasteiger partial charge >= 0.3 is 0 Å². The summed E-state index contributed by atoms with van der Waals surface area (Å²) in [6.07, 6.45) is 1.69. The summed E-state index contributed by atoms with van der Waals surface area (Å²) >= 11 is 0. The van der Waals surface area contributed by atoms with Gasteiger partial charge in [-0.3, -0.25) is 4.79 Å². The van der Waals surface area contributed by atoms with Gasteiger partial charge in [0, 0.05) is 24.9 Å². The normalized spacial score (nSPS) is 12.5. The van der Waals surface area contributed by atoms with Crippen molar-refractivity contribution >= 4 is 10.9 Å². The molecule has 0 aliphatic rings. The van der Waals surface area contributed by atoms with Crippen molar-refractivity contribution < 1.29 is 4.74 Å². The van der Waals surface area contributed by atoms with Gasteiger partial charge in [-0.25, -0.2) is 0 Å². The van der Waals surface area contributed by atoms with Crippen molar-refractivity contribution in [1.82, 2.24) is 9.55 Å². The first-order valence-electron chi connectivity index (χ1n) is 6.93. The molecule has 0 aliphatic carbocycles. The van der Waals surface area contributed by atoms with E-state index in [1.54, 1.807) is 13.3 Å². The van der Waals surface area contributed by atoms with Crippen molar-refractivity contribution in [2.24, 2.45) is 7.05 Å². The molecule has 3 aromatic rings. The zero-order chi connectivity index (χ0) is 15.0. The van der Waals surface area contributed by atoms with Crippen LogP contribution >= 0.6 is 0 Å². The number of methoxy groups -OCH3 is 1. The second kappa shape index (κ2) is 5.13. The molecule has 0 bridgehead atoms. The molecular weight excluding hydrogens is 264 g/mol. The number of aromatic amines is 1. The third-order valence-corrected chi connectivity index (χ3v) is 4.08. The van der Waals surface area contributed by atoms with E-state index < -0.39 is 0 Å². The molecule has 1 atom stereocenters. The van der Waals surface area contributed by atoms with Gasteiger partial charge in [0.15, 0.2) is 0 Å². The summed E-state index contributed by atoms with van der Waals surface area (Å²) in [6, 6.07) is 11.9. The zero-order valence-electron chi connectivity index (χ0n) is 12.4. The smallest absolute Gasteiger partial charge is 0.257 e. The van der Waals surface area contributed by atoms with Gasteiger partial charge in [-0.2, -0.15) is 0 Å². The molecule has 0 amide bonds. The Morgan fingerprint density at radius 2 is 1.90 bits per heavy atom. The van der Waals surface area contributed by atoms with Crippen LogP contribution in [0.25, 0.3) is 10.9 Å². The number of benzene rings is 1. The third kappa shape index (κ3) is 2.23. The van der Waals surface area contributed by atoms with Crippen molar-refractivity contribution in [2.75, 3.05) is 7.11 Å². The third-order valence-electron chi connectivity index (χ3n) is 4.08. The van der Waals surface area contributed by atoms with Gasteiger partial charge in [0.25, 0.3) is 5.56 Å². The molecule has 3 rings (SSSR count). The summed E-state index contributed by atoms with van der Waals surface area (Å²) in [6.45, 7) is 2.14. The summed E-state index contributed by atoms with van der Waals surface area (Å²) in [5, 5.41) is 0.732. The highest BCUT2D eigenvalue weighted by atomic mass is 16.5. The first kappa shape index (κ1) is 13.5. The quantitative estimate of drug-likeness (QED) is 0.802. The van der Waals surface area contributed by atoms with E-state index in [0.29, 0.717) is 0 Å². The summed E-state index contributed by atoms with van der Waals surface area (Å²) in [4.78, 5) is 14.6. The van der Waals surface area contributed by atoms with Crippen LogP contribution in [0.3, 0.4) is 0 Å². The van der Waals surface area contributed by atoms with Crippen LogP contribution in [0, 0.1) is 0 Å². The van der Waals surface area contributed by atoms with E-state index in [9.17, 15) is 4.79 Å². The fourth-order valence-electron chi connectivity index (χ4n) is 2.77. The zero-order valence-corrected chi connectivity index (χ0v) is 12.4. The van der Waals surface area contributed by atoms with E-state index in [1.165, 1.54) is 5.56 Å². The molecule has 2 heterocycles. The summed E-state index contributed by atoms with van der Waals surface area (Å²) in [5.41, 5.74) is 3.22. The molecule has 1 unspecified atom stereocenters. The van der Waals surface area contributed by atoms with Crippen molar-refractivity contribution in [3.63, 3.8) is 0 Å². The second-order valence-electron chi connectivity index (χ2n) is 5.23. The molecule has 0 radical (unpaired) electrons. The lowest BCUT2D eigenvalue weighted by Crippen LogP contribution is -2.04. The lowest BCUT2D eigenvalue weighted by Gasteiger charge is -2.14. The largest absolute Gasteiger partial charge is 0.497 e. The number of nitrogens with one attached hydrogen (secondary N) is 1. The van der Waals surface area contributed by atoms with Crippen molar-refractivity contribution in [3.05, 3.63) is 64.2 Å². The average molecular weight is 282 g/mol. The van der Waals surface area contributed by atoms with E-state index in [2.05, 4.69) is 28.6 Å². The van der Waals surface area contributed by atoms with Gasteiger partial charge < -0.3 is 14.3 Å². The SMILES string of the molecule is COc1ccc(C(C)c2cc3c(=O)[nH]ccc3n2C)cc1. The molecule has 2 aromatic heterocycles. The highest BCUT2D eigenvalue weighted by Gasteiger charge is 2.15. The standard InChI is InChI=1S/C17H18N2O2/c1-11(12-4-6-13(21-3)7-5-12)16-10-14-15(19(16)2)8-9-18-17(14)20/h4-11H,1-3H3,(H,18,20). The molecule has 0 saturated carbocycles. The van der Waals surface area contributed by atoms with E-state index in [0.717, 1.165) is 22.3 Å². The molecule has 0 spiro atoms. The van der Waals surface area contributed by atoms with Crippen LogP contribution < -0.4 is 10.3 Å². The minimum absolute atomic E-state index is 0.0451. The number of nitrogens with zero attached hydrogens (tertiary/aromatic N) is 1. The maximum atomic E-state index is 11.9. The van der Waals surface area contributed by atoms with Crippen LogP contribution in [-0.4, -0.2) is 16.7 Å². The minimum Gasteiger partial charge on any atom is -0.497 e. The summed E-state index contributed by atoms with van der Waals surface area (Å²) in [7, 11) is 3.66. The number of aryl methyl sites for hydroxylation is 1. The maximum absolute atomic E-state index is 11.9. The molecule has 4 heteroatoms. The fraction of sp³-hybridized carbons (Fsp3) is 0.235. The molecule has 108 valence electrons. The first-order valence-corrected chi connectivity index (χ1v) is 6.93. The van der Waals surface area contributed by atoms with Crippen LogP contribution in [-0.2, 0) is 7.05 Å². The molecular formula is C17H18N2O2. The molecule has 1 aromatic carbocycles. The van der Waals surface area contributed by atoms with Crippen molar-refractivity contribution in [3.8, 4) is 5.75 Å². The van der Waals surface area contributed by atoms with Crippen LogP contribution in [0.4, 0.5) is 0 Å². The van der Waals surface area contributed by atoms with Gasteiger partial charge in [-0.15, -0.1) is 0 Å². The monoisotopic (exact) mass is 282 g/mol. The molecule has 4 nitrogen and oxygen atoms in total. The topological polar surface area (TPSA) is 47.0 Å². The van der Waals surface area contributed by atoms with Gasteiger partial charge in [0.1, 0.15) is 5.75 Å². The van der Waals surface area contributed by atoms with E-state index in [1.807, 2.05) is 31.3 Å².